The first-order valence-electron chi connectivity index (χ1n) is 9.56. The van der Waals surface area contributed by atoms with Crippen LogP contribution in [0.15, 0.2) is 24.3 Å². The molecule has 1 aromatic rings. The molecule has 3 saturated heterocycles. The molecule has 2 amide bonds. The predicted molar refractivity (Wildman–Crippen MR) is 97.4 cm³/mol. The number of anilines is 1. The van der Waals surface area contributed by atoms with Crippen LogP contribution >= 0.6 is 0 Å². The highest BCUT2D eigenvalue weighted by molar-refractivity contribution is 6.09. The summed E-state index contributed by atoms with van der Waals surface area (Å²) in [5.74, 6) is -0.657. The number of piperidine rings is 1. The number of hydrogen-bond donors (Lipinski definition) is 1. The molecule has 0 radical (unpaired) electrons. The average molecular weight is 341 g/mol. The first-order valence-corrected chi connectivity index (χ1v) is 9.56. The lowest BCUT2D eigenvalue weighted by Gasteiger charge is -2.32. The van der Waals surface area contributed by atoms with Crippen molar-refractivity contribution in [1.82, 2.24) is 10.2 Å². The first kappa shape index (κ1) is 16.6. The van der Waals surface area contributed by atoms with Crippen LogP contribution in [0.25, 0.3) is 0 Å². The fourth-order valence-electron chi connectivity index (χ4n) is 4.60. The highest BCUT2D eigenvalue weighted by Gasteiger charge is 2.41. The van der Waals surface area contributed by atoms with Gasteiger partial charge in [0.05, 0.1) is 0 Å². The van der Waals surface area contributed by atoms with Crippen LogP contribution in [-0.4, -0.2) is 48.4 Å². The van der Waals surface area contributed by atoms with Crippen LogP contribution in [0.4, 0.5) is 5.69 Å². The monoisotopic (exact) mass is 341 g/mol. The van der Waals surface area contributed by atoms with E-state index in [2.05, 4.69) is 10.2 Å². The molecule has 134 valence electrons. The van der Waals surface area contributed by atoms with Gasteiger partial charge < -0.3 is 10.2 Å². The lowest BCUT2D eigenvalue weighted by Crippen LogP contribution is -2.49. The highest BCUT2D eigenvalue weighted by atomic mass is 16.2. The Morgan fingerprint density at radius 2 is 1.84 bits per heavy atom. The molecule has 25 heavy (non-hydrogen) atoms. The summed E-state index contributed by atoms with van der Waals surface area (Å²) in [6.45, 7) is 4.88. The van der Waals surface area contributed by atoms with E-state index in [0.717, 1.165) is 25.2 Å². The second kappa shape index (κ2) is 6.79. The van der Waals surface area contributed by atoms with Crippen molar-refractivity contribution in [2.45, 2.75) is 51.1 Å². The SMILES string of the molecule is Cc1ccc(N2CC[C@H](C(=O)N[C@H]3CCN4CCCC[C@@H]34)C2=O)cc1. The molecule has 1 aromatic carbocycles. The van der Waals surface area contributed by atoms with E-state index in [1.807, 2.05) is 31.2 Å². The third-order valence-electron chi connectivity index (χ3n) is 6.05. The molecule has 3 aliphatic rings. The van der Waals surface area contributed by atoms with Crippen LogP contribution in [0.1, 0.15) is 37.7 Å². The second-order valence-electron chi connectivity index (χ2n) is 7.67. The zero-order valence-electron chi connectivity index (χ0n) is 14.9. The van der Waals surface area contributed by atoms with Crippen molar-refractivity contribution in [2.24, 2.45) is 5.92 Å². The van der Waals surface area contributed by atoms with Crippen LogP contribution in [0.2, 0.25) is 0 Å². The van der Waals surface area contributed by atoms with Gasteiger partial charge in [-0.05, 0) is 51.3 Å². The van der Waals surface area contributed by atoms with Crippen molar-refractivity contribution in [3.8, 4) is 0 Å². The maximum absolute atomic E-state index is 12.7. The molecule has 1 N–H and O–H groups in total. The molecular weight excluding hydrogens is 314 g/mol. The van der Waals surface area contributed by atoms with Gasteiger partial charge >= 0.3 is 0 Å². The minimum absolute atomic E-state index is 0.0557. The number of aryl methyl sites for hydroxylation is 1. The van der Waals surface area contributed by atoms with Gasteiger partial charge in [0.15, 0.2) is 0 Å². The summed E-state index contributed by atoms with van der Waals surface area (Å²) in [6.07, 6.45) is 5.30. The average Bonchev–Trinajstić information content (AvgIpc) is 3.20. The smallest absolute Gasteiger partial charge is 0.239 e. The number of nitrogens with zero attached hydrogens (tertiary/aromatic N) is 2. The standard InChI is InChI=1S/C20H27N3O2/c1-14-5-7-15(8-6-14)23-13-9-16(20(23)25)19(24)21-17-10-12-22-11-3-2-4-18(17)22/h5-8,16-18H,2-4,9-13H2,1H3,(H,21,24)/t16-,17+,18+/m1/s1. The fourth-order valence-corrected chi connectivity index (χ4v) is 4.60. The highest BCUT2D eigenvalue weighted by Crippen LogP contribution is 2.29. The quantitative estimate of drug-likeness (QED) is 0.857. The first-order chi connectivity index (χ1) is 12.1. The Morgan fingerprint density at radius 1 is 1.04 bits per heavy atom. The molecule has 0 bridgehead atoms. The van der Waals surface area contributed by atoms with Crippen molar-refractivity contribution >= 4 is 17.5 Å². The summed E-state index contributed by atoms with van der Waals surface area (Å²) in [6, 6.07) is 8.63. The molecule has 3 fully saturated rings. The minimum atomic E-state index is -0.529. The van der Waals surface area contributed by atoms with Crippen molar-refractivity contribution < 1.29 is 9.59 Å². The van der Waals surface area contributed by atoms with E-state index in [0.29, 0.717) is 19.0 Å². The number of carbonyl (C=O) groups excluding carboxylic acids is 2. The predicted octanol–water partition coefficient (Wildman–Crippen LogP) is 2.09. The van der Waals surface area contributed by atoms with E-state index in [9.17, 15) is 9.59 Å². The zero-order valence-corrected chi connectivity index (χ0v) is 14.9. The van der Waals surface area contributed by atoms with Crippen LogP contribution in [-0.2, 0) is 9.59 Å². The number of benzene rings is 1. The van der Waals surface area contributed by atoms with Crippen LogP contribution in [0.3, 0.4) is 0 Å². The van der Waals surface area contributed by atoms with Crippen molar-refractivity contribution in [3.05, 3.63) is 29.8 Å². The van der Waals surface area contributed by atoms with Gasteiger partial charge in [-0.2, -0.15) is 0 Å². The van der Waals surface area contributed by atoms with Gasteiger partial charge in [0.1, 0.15) is 5.92 Å². The Labute approximate surface area is 149 Å². The third-order valence-corrected chi connectivity index (χ3v) is 6.05. The molecule has 0 unspecified atom stereocenters. The number of fused-ring (bicyclic) bond motifs is 1. The molecule has 3 heterocycles. The Morgan fingerprint density at radius 3 is 2.64 bits per heavy atom. The van der Waals surface area contributed by atoms with E-state index in [-0.39, 0.29) is 17.9 Å². The van der Waals surface area contributed by atoms with Gasteiger partial charge in [0.2, 0.25) is 11.8 Å². The van der Waals surface area contributed by atoms with Crippen LogP contribution < -0.4 is 10.2 Å². The molecule has 3 atom stereocenters. The number of nitrogens with one attached hydrogen (secondary N) is 1. The summed E-state index contributed by atoms with van der Waals surface area (Å²) >= 11 is 0. The Kier molecular flexibility index (Phi) is 4.50. The van der Waals surface area contributed by atoms with E-state index in [1.165, 1.54) is 24.8 Å². The molecule has 3 aliphatic heterocycles. The number of rotatable bonds is 3. The van der Waals surface area contributed by atoms with Crippen LogP contribution in [0.5, 0.6) is 0 Å². The van der Waals surface area contributed by atoms with Crippen molar-refractivity contribution in [1.29, 1.82) is 0 Å². The number of carbonyl (C=O) groups is 2. The molecular formula is C20H27N3O2. The van der Waals surface area contributed by atoms with Crippen LogP contribution in [0, 0.1) is 12.8 Å². The molecule has 0 aliphatic carbocycles. The van der Waals surface area contributed by atoms with E-state index in [4.69, 9.17) is 0 Å². The lowest BCUT2D eigenvalue weighted by molar-refractivity contribution is -0.132. The molecule has 5 nitrogen and oxygen atoms in total. The summed E-state index contributed by atoms with van der Waals surface area (Å²) in [5.41, 5.74) is 2.06. The van der Waals surface area contributed by atoms with Gasteiger partial charge in [-0.15, -0.1) is 0 Å². The third kappa shape index (κ3) is 3.17. The summed E-state index contributed by atoms with van der Waals surface area (Å²) < 4.78 is 0. The van der Waals surface area contributed by atoms with Gasteiger partial charge in [-0.1, -0.05) is 24.1 Å². The van der Waals surface area contributed by atoms with Crippen molar-refractivity contribution in [2.75, 3.05) is 24.5 Å². The van der Waals surface area contributed by atoms with Gasteiger partial charge in [0.25, 0.3) is 0 Å². The zero-order chi connectivity index (χ0) is 17.4. The minimum Gasteiger partial charge on any atom is -0.351 e. The maximum Gasteiger partial charge on any atom is 0.239 e. The molecule has 0 saturated carbocycles. The number of amides is 2. The topological polar surface area (TPSA) is 52.7 Å². The maximum atomic E-state index is 12.7. The van der Waals surface area contributed by atoms with E-state index in [1.54, 1.807) is 4.90 Å². The normalized spacial score (nSPS) is 29.7. The Balaban J connectivity index is 1.39. The lowest BCUT2D eigenvalue weighted by atomic mass is 9.98. The summed E-state index contributed by atoms with van der Waals surface area (Å²) in [4.78, 5) is 29.7. The summed E-state index contributed by atoms with van der Waals surface area (Å²) in [7, 11) is 0. The second-order valence-corrected chi connectivity index (χ2v) is 7.67. The van der Waals surface area contributed by atoms with Crippen molar-refractivity contribution in [3.63, 3.8) is 0 Å². The molecule has 0 aromatic heterocycles. The molecule has 5 heteroatoms. The largest absolute Gasteiger partial charge is 0.351 e. The number of hydrogen-bond acceptors (Lipinski definition) is 3. The van der Waals surface area contributed by atoms with E-state index >= 15 is 0 Å². The molecule has 4 rings (SSSR count). The summed E-state index contributed by atoms with van der Waals surface area (Å²) in [5, 5.41) is 3.20. The Bertz CT molecular complexity index is 657. The Hall–Kier alpha value is -1.88. The van der Waals surface area contributed by atoms with E-state index < -0.39 is 5.92 Å². The van der Waals surface area contributed by atoms with Gasteiger partial charge in [0, 0.05) is 30.9 Å². The van der Waals surface area contributed by atoms with Gasteiger partial charge in [-0.3, -0.25) is 14.5 Å². The fraction of sp³-hybridized carbons (Fsp3) is 0.600. The molecule has 0 spiro atoms. The van der Waals surface area contributed by atoms with Gasteiger partial charge in [-0.25, -0.2) is 0 Å².